The minimum Gasteiger partial charge on any atom is -0.741 e. The van der Waals surface area contributed by atoms with Crippen LogP contribution in [0.2, 0.25) is 0 Å². The van der Waals surface area contributed by atoms with E-state index < -0.39 is 15.6 Å². The van der Waals surface area contributed by atoms with Crippen LogP contribution < -0.4 is 21.2 Å². The van der Waals surface area contributed by atoms with Crippen molar-refractivity contribution in [2.24, 2.45) is 0 Å². The molecule has 0 saturated carbocycles. The number of rotatable bonds is 4. The molecule has 1 aromatic rings. The fraction of sp³-hybridized carbons (Fsp3) is 0.467. The number of hydrogen-bond donors (Lipinski definition) is 0. The summed E-state index contributed by atoms with van der Waals surface area (Å²) in [5.41, 5.74) is -5.65. The fourth-order valence-electron chi connectivity index (χ4n) is 1.53. The average molecular weight is 492 g/mol. The van der Waals surface area contributed by atoms with E-state index in [1.165, 1.54) is 3.57 Å². The second kappa shape index (κ2) is 11.0. The quantitative estimate of drug-likeness (QED) is 0.186. The zero-order valence-corrected chi connectivity index (χ0v) is 15.9. The lowest BCUT2D eigenvalue weighted by molar-refractivity contribution is -0.535. The Labute approximate surface area is 154 Å². The number of alkyl halides is 3. The second-order valence-electron chi connectivity index (χ2n) is 4.62. The lowest BCUT2D eigenvalue weighted by Gasteiger charge is -2.08. The highest BCUT2D eigenvalue weighted by Crippen LogP contribution is 2.20. The Hall–Kier alpha value is -0.870. The Morgan fingerprint density at radius 1 is 1.32 bits per heavy atom. The van der Waals surface area contributed by atoms with E-state index in [9.17, 15) is 13.2 Å². The van der Waals surface area contributed by atoms with E-state index in [0.29, 0.717) is 6.61 Å². The molecule has 1 unspecified atom stereocenters. The molecule has 1 fully saturated rings. The maximum Gasteiger partial charge on any atom is 0.485 e. The molecule has 140 valence electrons. The van der Waals surface area contributed by atoms with Gasteiger partial charge in [-0.15, -0.1) is 0 Å². The van der Waals surface area contributed by atoms with Gasteiger partial charge in [0.2, 0.25) is 3.57 Å². The summed E-state index contributed by atoms with van der Waals surface area (Å²) in [6.45, 7) is 1.53. The van der Waals surface area contributed by atoms with Crippen molar-refractivity contribution in [1.82, 2.24) is 0 Å². The first-order valence-electron chi connectivity index (χ1n) is 7.12. The van der Waals surface area contributed by atoms with Crippen LogP contribution in [0, 0.1) is 13.4 Å². The highest BCUT2D eigenvalue weighted by molar-refractivity contribution is 7.86. The maximum atomic E-state index is 10.7. The molecule has 0 N–H and O–H groups in total. The van der Waals surface area contributed by atoms with E-state index >= 15 is 0 Å². The molecule has 25 heavy (non-hydrogen) atoms. The smallest absolute Gasteiger partial charge is 0.485 e. The van der Waals surface area contributed by atoms with Gasteiger partial charge < -0.3 is 14.0 Å². The van der Waals surface area contributed by atoms with Gasteiger partial charge in [-0.1, -0.05) is 18.2 Å². The molecule has 0 aliphatic carbocycles. The zero-order chi connectivity index (χ0) is 18.8. The van der Waals surface area contributed by atoms with Crippen LogP contribution in [0.4, 0.5) is 13.2 Å². The summed E-state index contributed by atoms with van der Waals surface area (Å²) in [7, 11) is -6.09. The van der Waals surface area contributed by atoms with Gasteiger partial charge in [0.1, 0.15) is 0 Å². The first-order valence-corrected chi connectivity index (χ1v) is 10.7. The average Bonchev–Trinajstić information content (AvgIpc) is 3.04. The van der Waals surface area contributed by atoms with Gasteiger partial charge in [0.15, 0.2) is 20.3 Å². The Bertz CT molecular complexity index is 662. The molecule has 5 nitrogen and oxygen atoms in total. The third kappa shape index (κ3) is 10.0. The van der Waals surface area contributed by atoms with Crippen LogP contribution in [-0.4, -0.2) is 38.0 Å². The predicted octanol–water partition coefficient (Wildman–Crippen LogP) is -0.499. The van der Waals surface area contributed by atoms with Crippen LogP contribution in [0.25, 0.3) is 0 Å². The van der Waals surface area contributed by atoms with Gasteiger partial charge in [-0.2, -0.15) is 13.2 Å². The normalized spacial score (nSPS) is 17.2. The van der Waals surface area contributed by atoms with Crippen LogP contribution in [-0.2, 0) is 19.6 Å². The molecular formula is C15H16F3IO5S. The molecular weight excluding hydrogens is 476 g/mol. The fourth-order valence-corrected chi connectivity index (χ4v) is 3.08. The first-order chi connectivity index (χ1) is 11.7. The van der Waals surface area contributed by atoms with E-state index in [1.807, 2.05) is 6.07 Å². The predicted molar refractivity (Wildman–Crippen MR) is 78.2 cm³/mol. The minimum atomic E-state index is -6.09. The zero-order valence-electron chi connectivity index (χ0n) is 13.0. The largest absolute Gasteiger partial charge is 0.741 e. The molecule has 10 heteroatoms. The highest BCUT2D eigenvalue weighted by atomic mass is 127. The van der Waals surface area contributed by atoms with Gasteiger partial charge in [0, 0.05) is 19.4 Å². The van der Waals surface area contributed by atoms with Crippen LogP contribution in [0.15, 0.2) is 30.3 Å². The Kier molecular flexibility index (Phi) is 9.73. The number of halogens is 4. The Morgan fingerprint density at radius 3 is 2.48 bits per heavy atom. The van der Waals surface area contributed by atoms with Crippen molar-refractivity contribution in [3.05, 3.63) is 33.9 Å². The van der Waals surface area contributed by atoms with E-state index in [0.717, 1.165) is 25.9 Å². The lowest BCUT2D eigenvalue weighted by atomic mass is 10.4. The molecule has 1 aromatic carbocycles. The monoisotopic (exact) mass is 492 g/mol. The van der Waals surface area contributed by atoms with Gasteiger partial charge in [0.25, 0.3) is 0 Å². The van der Waals surface area contributed by atoms with Crippen molar-refractivity contribution in [3.63, 3.8) is 0 Å². The summed E-state index contributed by atoms with van der Waals surface area (Å²) < 4.78 is 74.5. The van der Waals surface area contributed by atoms with Crippen molar-refractivity contribution >= 4 is 10.1 Å². The maximum absolute atomic E-state index is 10.7. The topological polar surface area (TPSA) is 75.7 Å². The second-order valence-corrected chi connectivity index (χ2v) is 8.32. The van der Waals surface area contributed by atoms with Gasteiger partial charge in [0.05, 0.1) is 6.61 Å². The molecule has 1 saturated heterocycles. The molecule has 0 radical (unpaired) electrons. The summed E-state index contributed by atoms with van der Waals surface area (Å²) in [4.78, 5) is 0. The van der Waals surface area contributed by atoms with E-state index in [-0.39, 0.29) is 27.5 Å². The summed E-state index contributed by atoms with van der Waals surface area (Å²) >= 11 is -0.150. The van der Waals surface area contributed by atoms with E-state index in [2.05, 4.69) is 34.1 Å². The molecule has 1 aliphatic rings. The van der Waals surface area contributed by atoms with Crippen LogP contribution in [0.5, 0.6) is 0 Å². The third-order valence-electron chi connectivity index (χ3n) is 2.66. The standard InChI is InChI=1S/C14H16IO2.CHF3O3S/c1-2-7-13(8-3-1)15-10-4-5-11-16-14-9-6-12-17-14;2-1(3,4)8(5,6)7/h1-3,7-8,14H,5-6,9,11-12H2;(H,5,6,7)/q+1;/p-1. The van der Waals surface area contributed by atoms with Crippen molar-refractivity contribution in [1.29, 1.82) is 0 Å². The Morgan fingerprint density at radius 2 is 1.96 bits per heavy atom. The van der Waals surface area contributed by atoms with Crippen molar-refractivity contribution in [2.45, 2.75) is 31.1 Å². The van der Waals surface area contributed by atoms with E-state index in [4.69, 9.17) is 22.4 Å². The summed E-state index contributed by atoms with van der Waals surface area (Å²) in [6, 6.07) is 10.5. The van der Waals surface area contributed by atoms with Gasteiger partial charge in [-0.25, -0.2) is 8.42 Å². The van der Waals surface area contributed by atoms with Gasteiger partial charge in [-0.3, -0.25) is 0 Å². The molecule has 1 atom stereocenters. The SMILES string of the molecule is C(#C[I+]c1ccccc1)CCOC1CCCO1.O=S(=O)([O-])C(F)(F)F. The number of ether oxygens (including phenoxy) is 2. The number of hydrogen-bond acceptors (Lipinski definition) is 5. The molecule has 1 aliphatic heterocycles. The van der Waals surface area contributed by atoms with E-state index in [1.54, 1.807) is 0 Å². The summed E-state index contributed by atoms with van der Waals surface area (Å²) in [6.07, 6.45) is 2.99. The van der Waals surface area contributed by atoms with Crippen molar-refractivity contribution < 1.29 is 56.8 Å². The lowest BCUT2D eigenvalue weighted by Crippen LogP contribution is -3.59. The molecule has 0 amide bonds. The van der Waals surface area contributed by atoms with Crippen molar-refractivity contribution in [3.8, 4) is 9.85 Å². The number of benzene rings is 1. The first kappa shape index (κ1) is 22.2. The van der Waals surface area contributed by atoms with Crippen LogP contribution >= 0.6 is 0 Å². The highest BCUT2D eigenvalue weighted by Gasteiger charge is 2.36. The van der Waals surface area contributed by atoms with Gasteiger partial charge in [-0.05, 0) is 24.5 Å². The third-order valence-corrected chi connectivity index (χ3v) is 5.22. The molecule has 0 bridgehead atoms. The Balaban J connectivity index is 0.000000333. The minimum absolute atomic E-state index is 0.0284. The van der Waals surface area contributed by atoms with Crippen LogP contribution in [0.3, 0.4) is 0 Å². The molecule has 0 aromatic heterocycles. The molecule has 2 rings (SSSR count). The summed E-state index contributed by atoms with van der Waals surface area (Å²) in [5, 5.41) is 0. The van der Waals surface area contributed by atoms with Gasteiger partial charge >= 0.3 is 26.7 Å². The molecule has 0 spiro atoms. The van der Waals surface area contributed by atoms with Crippen molar-refractivity contribution in [2.75, 3.05) is 13.2 Å². The molecule has 1 heterocycles. The van der Waals surface area contributed by atoms with Crippen LogP contribution in [0.1, 0.15) is 19.3 Å². The summed E-state index contributed by atoms with van der Waals surface area (Å²) in [5.74, 6) is 3.18.